The first-order valence-electron chi connectivity index (χ1n) is 4.13. The molecule has 1 nitrogen and oxygen atoms in total. The van der Waals surface area contributed by atoms with E-state index in [2.05, 4.69) is 31.2 Å². The van der Waals surface area contributed by atoms with Crippen LogP contribution >= 0.6 is 0 Å². The Bertz CT molecular complexity index is 240. The molecule has 0 heterocycles. The van der Waals surface area contributed by atoms with E-state index in [1.807, 2.05) is 0 Å². The number of fused-ring (bicyclic) bond motifs is 1. The Labute approximate surface area is 67.2 Å². The fourth-order valence-electron chi connectivity index (χ4n) is 1.93. The average molecular weight is 147 g/mol. The summed E-state index contributed by atoms with van der Waals surface area (Å²) in [5.41, 5.74) is 8.73. The molecule has 0 amide bonds. The van der Waals surface area contributed by atoms with Crippen LogP contribution in [0.2, 0.25) is 0 Å². The van der Waals surface area contributed by atoms with Crippen molar-refractivity contribution in [2.75, 3.05) is 0 Å². The smallest absolute Gasteiger partial charge is 0.0303 e. The van der Waals surface area contributed by atoms with Crippen LogP contribution in [0.3, 0.4) is 0 Å². The van der Waals surface area contributed by atoms with E-state index >= 15 is 0 Å². The SMILES string of the molecule is CC1C[C@H](N)c2ccccc21. The second kappa shape index (κ2) is 2.35. The zero-order valence-corrected chi connectivity index (χ0v) is 6.75. The lowest BCUT2D eigenvalue weighted by molar-refractivity contribution is 0.640. The van der Waals surface area contributed by atoms with Gasteiger partial charge >= 0.3 is 0 Å². The molecule has 0 aromatic heterocycles. The van der Waals surface area contributed by atoms with E-state index in [1.165, 1.54) is 11.1 Å². The second-order valence-electron chi connectivity index (χ2n) is 3.37. The molecule has 11 heavy (non-hydrogen) atoms. The standard InChI is InChI=1S/C10H13N/c1-7-6-10(11)9-5-3-2-4-8(7)9/h2-5,7,10H,6,11H2,1H3/t7?,10-/m0/s1. The van der Waals surface area contributed by atoms with Crippen molar-refractivity contribution in [1.82, 2.24) is 0 Å². The summed E-state index contributed by atoms with van der Waals surface area (Å²) in [4.78, 5) is 0. The maximum atomic E-state index is 5.94. The summed E-state index contributed by atoms with van der Waals surface area (Å²) in [6, 6.07) is 8.77. The topological polar surface area (TPSA) is 26.0 Å². The van der Waals surface area contributed by atoms with Crippen LogP contribution in [0.1, 0.15) is 36.4 Å². The van der Waals surface area contributed by atoms with Crippen LogP contribution < -0.4 is 5.73 Å². The van der Waals surface area contributed by atoms with Crippen LogP contribution in [0.15, 0.2) is 24.3 Å². The largest absolute Gasteiger partial charge is 0.324 e. The van der Waals surface area contributed by atoms with Gasteiger partial charge in [-0.05, 0) is 23.5 Å². The normalized spacial score (nSPS) is 28.5. The minimum Gasteiger partial charge on any atom is -0.324 e. The van der Waals surface area contributed by atoms with Gasteiger partial charge in [-0.1, -0.05) is 31.2 Å². The molecule has 0 bridgehead atoms. The lowest BCUT2D eigenvalue weighted by Crippen LogP contribution is -2.04. The zero-order valence-electron chi connectivity index (χ0n) is 6.75. The monoisotopic (exact) mass is 147 g/mol. The number of nitrogens with two attached hydrogens (primary N) is 1. The maximum Gasteiger partial charge on any atom is 0.0303 e. The molecule has 0 spiro atoms. The molecule has 1 unspecified atom stereocenters. The predicted octanol–water partition coefficient (Wildman–Crippen LogP) is 2.19. The lowest BCUT2D eigenvalue weighted by Gasteiger charge is -2.02. The Kier molecular flexibility index (Phi) is 1.46. The van der Waals surface area contributed by atoms with Gasteiger partial charge in [-0.15, -0.1) is 0 Å². The van der Waals surface area contributed by atoms with Crippen LogP contribution in [-0.2, 0) is 0 Å². The van der Waals surface area contributed by atoms with Gasteiger partial charge in [0.25, 0.3) is 0 Å². The molecule has 1 aromatic carbocycles. The maximum absolute atomic E-state index is 5.94. The third-order valence-corrected chi connectivity index (χ3v) is 2.53. The Morgan fingerprint density at radius 3 is 2.55 bits per heavy atom. The first kappa shape index (κ1) is 6.86. The minimum atomic E-state index is 0.279. The van der Waals surface area contributed by atoms with Gasteiger partial charge in [0.15, 0.2) is 0 Å². The quantitative estimate of drug-likeness (QED) is 0.598. The van der Waals surface area contributed by atoms with Gasteiger partial charge in [0.05, 0.1) is 0 Å². The van der Waals surface area contributed by atoms with Gasteiger partial charge in [0.2, 0.25) is 0 Å². The lowest BCUT2D eigenvalue weighted by atomic mass is 10.0. The Morgan fingerprint density at radius 2 is 1.91 bits per heavy atom. The molecule has 0 saturated heterocycles. The van der Waals surface area contributed by atoms with E-state index < -0.39 is 0 Å². The second-order valence-corrected chi connectivity index (χ2v) is 3.37. The zero-order chi connectivity index (χ0) is 7.84. The molecule has 2 rings (SSSR count). The third-order valence-electron chi connectivity index (χ3n) is 2.53. The molecule has 0 saturated carbocycles. The van der Waals surface area contributed by atoms with E-state index in [0.29, 0.717) is 5.92 Å². The summed E-state index contributed by atoms with van der Waals surface area (Å²) in [6.45, 7) is 2.24. The fourth-order valence-corrected chi connectivity index (χ4v) is 1.93. The van der Waals surface area contributed by atoms with Gasteiger partial charge in [0, 0.05) is 6.04 Å². The highest BCUT2D eigenvalue weighted by Gasteiger charge is 2.24. The highest BCUT2D eigenvalue weighted by atomic mass is 14.7. The first-order valence-corrected chi connectivity index (χ1v) is 4.13. The van der Waals surface area contributed by atoms with Crippen molar-refractivity contribution in [3.63, 3.8) is 0 Å². The molecule has 0 fully saturated rings. The number of hydrogen-bond donors (Lipinski definition) is 1. The highest BCUT2D eigenvalue weighted by molar-refractivity contribution is 5.37. The van der Waals surface area contributed by atoms with Crippen LogP contribution in [0.5, 0.6) is 0 Å². The molecular weight excluding hydrogens is 134 g/mol. The third kappa shape index (κ3) is 0.962. The molecule has 1 heteroatoms. The first-order chi connectivity index (χ1) is 5.29. The summed E-state index contributed by atoms with van der Waals surface area (Å²) in [5, 5.41) is 0. The van der Waals surface area contributed by atoms with Crippen molar-refractivity contribution in [1.29, 1.82) is 0 Å². The van der Waals surface area contributed by atoms with Gasteiger partial charge in [-0.25, -0.2) is 0 Å². The Hall–Kier alpha value is -0.820. The van der Waals surface area contributed by atoms with Crippen LogP contribution in [0.4, 0.5) is 0 Å². The molecular formula is C10H13N. The number of rotatable bonds is 0. The van der Waals surface area contributed by atoms with E-state index in [-0.39, 0.29) is 6.04 Å². The molecule has 1 aromatic rings. The number of hydrogen-bond acceptors (Lipinski definition) is 1. The molecule has 0 radical (unpaired) electrons. The van der Waals surface area contributed by atoms with Crippen molar-refractivity contribution < 1.29 is 0 Å². The summed E-state index contributed by atoms with van der Waals surface area (Å²) in [5.74, 6) is 0.654. The molecule has 1 aliphatic rings. The van der Waals surface area contributed by atoms with Gasteiger partial charge < -0.3 is 5.73 Å². The van der Waals surface area contributed by atoms with Crippen LogP contribution in [0.25, 0.3) is 0 Å². The molecule has 1 aliphatic carbocycles. The van der Waals surface area contributed by atoms with Crippen LogP contribution in [0, 0.1) is 0 Å². The highest BCUT2D eigenvalue weighted by Crippen LogP contribution is 2.37. The molecule has 2 atom stereocenters. The van der Waals surface area contributed by atoms with Gasteiger partial charge in [0.1, 0.15) is 0 Å². The number of benzene rings is 1. The Morgan fingerprint density at radius 1 is 1.27 bits per heavy atom. The van der Waals surface area contributed by atoms with Crippen molar-refractivity contribution in [3.05, 3.63) is 35.4 Å². The minimum absolute atomic E-state index is 0.279. The summed E-state index contributed by atoms with van der Waals surface area (Å²) in [7, 11) is 0. The van der Waals surface area contributed by atoms with Crippen molar-refractivity contribution in [2.24, 2.45) is 5.73 Å². The fraction of sp³-hybridized carbons (Fsp3) is 0.400. The average Bonchev–Trinajstić information content (AvgIpc) is 2.30. The predicted molar refractivity (Wildman–Crippen MR) is 46.4 cm³/mol. The van der Waals surface area contributed by atoms with E-state index in [9.17, 15) is 0 Å². The van der Waals surface area contributed by atoms with E-state index in [4.69, 9.17) is 5.73 Å². The van der Waals surface area contributed by atoms with Crippen molar-refractivity contribution in [3.8, 4) is 0 Å². The summed E-state index contributed by atoms with van der Waals surface area (Å²) >= 11 is 0. The molecule has 58 valence electrons. The van der Waals surface area contributed by atoms with E-state index in [0.717, 1.165) is 6.42 Å². The molecule has 0 aliphatic heterocycles. The van der Waals surface area contributed by atoms with Gasteiger partial charge in [-0.2, -0.15) is 0 Å². The van der Waals surface area contributed by atoms with Crippen molar-refractivity contribution >= 4 is 0 Å². The van der Waals surface area contributed by atoms with Gasteiger partial charge in [-0.3, -0.25) is 0 Å². The van der Waals surface area contributed by atoms with Crippen molar-refractivity contribution in [2.45, 2.75) is 25.3 Å². The van der Waals surface area contributed by atoms with Crippen LogP contribution in [-0.4, -0.2) is 0 Å². The summed E-state index contributed by atoms with van der Waals surface area (Å²) < 4.78 is 0. The Balaban J connectivity index is 2.52. The van der Waals surface area contributed by atoms with E-state index in [1.54, 1.807) is 0 Å². The molecule has 2 N–H and O–H groups in total. The summed E-state index contributed by atoms with van der Waals surface area (Å²) in [6.07, 6.45) is 1.11.